The van der Waals surface area contributed by atoms with Crippen molar-refractivity contribution < 1.29 is 13.2 Å². The summed E-state index contributed by atoms with van der Waals surface area (Å²) in [6.45, 7) is -0.137. The molecule has 1 saturated carbocycles. The molecule has 7 heteroatoms. The lowest BCUT2D eigenvalue weighted by atomic mass is 9.88. The van der Waals surface area contributed by atoms with Crippen LogP contribution in [0.3, 0.4) is 0 Å². The summed E-state index contributed by atoms with van der Waals surface area (Å²) in [6.07, 6.45) is 7.63. The van der Waals surface area contributed by atoms with Gasteiger partial charge in [-0.2, -0.15) is 4.31 Å². The average Bonchev–Trinajstić information content (AvgIpc) is 2.78. The monoisotopic (exact) mass is 504 g/mol. The first-order valence-corrected chi connectivity index (χ1v) is 13.3. The first-order chi connectivity index (χ1) is 14.9. The minimum atomic E-state index is -3.76. The second-order valence-electron chi connectivity index (χ2n) is 8.51. The molecule has 0 spiro atoms. The Labute approximate surface area is 193 Å². The molecular weight excluding hydrogens is 476 g/mol. The van der Waals surface area contributed by atoms with Crippen LogP contribution in [0, 0.1) is 0 Å². The van der Waals surface area contributed by atoms with Crippen LogP contribution >= 0.6 is 15.9 Å². The van der Waals surface area contributed by atoms with Gasteiger partial charge in [-0.3, -0.25) is 4.79 Å². The fourth-order valence-corrected chi connectivity index (χ4v) is 6.71. The minimum Gasteiger partial charge on any atom is -0.348 e. The standard InChI is InChI=1S/C24H29BrN2O3S/c25-19-13-15-21(16-14-19)31(29,30)27(20-9-2-1-3-10-20)17-24(28)26-23-12-6-8-18-7-4-5-11-22(18)23/h4-5,7,11,13-16,20,23H,1-3,6,8-10,12,17H2,(H,26,28)/t23-/m1/s1. The van der Waals surface area contributed by atoms with Crippen LogP contribution < -0.4 is 5.32 Å². The molecule has 2 aliphatic carbocycles. The third kappa shape index (κ3) is 5.21. The Morgan fingerprint density at radius 2 is 1.68 bits per heavy atom. The van der Waals surface area contributed by atoms with Crippen molar-refractivity contribution in [2.24, 2.45) is 0 Å². The molecule has 0 bridgehead atoms. The van der Waals surface area contributed by atoms with Crippen molar-refractivity contribution in [1.29, 1.82) is 0 Å². The molecule has 0 aromatic heterocycles. The molecular formula is C24H29BrN2O3S. The number of carbonyl (C=O) groups excluding carboxylic acids is 1. The summed E-state index contributed by atoms with van der Waals surface area (Å²) in [7, 11) is -3.76. The number of nitrogens with one attached hydrogen (secondary N) is 1. The molecule has 1 atom stereocenters. The van der Waals surface area contributed by atoms with Gasteiger partial charge in [-0.15, -0.1) is 0 Å². The average molecular weight is 505 g/mol. The number of halogens is 1. The summed E-state index contributed by atoms with van der Waals surface area (Å²) < 4.78 is 29.3. The van der Waals surface area contributed by atoms with E-state index in [9.17, 15) is 13.2 Å². The van der Waals surface area contributed by atoms with Gasteiger partial charge in [0.25, 0.3) is 0 Å². The predicted octanol–water partition coefficient (Wildman–Crippen LogP) is 4.97. The second-order valence-corrected chi connectivity index (χ2v) is 11.3. The molecule has 166 valence electrons. The molecule has 0 saturated heterocycles. The smallest absolute Gasteiger partial charge is 0.243 e. The first kappa shape index (κ1) is 22.5. The van der Waals surface area contributed by atoms with Crippen LogP contribution in [0.5, 0.6) is 0 Å². The molecule has 5 nitrogen and oxygen atoms in total. The maximum atomic E-state index is 13.5. The Kier molecular flexibility index (Phi) is 7.14. The molecule has 4 rings (SSSR count). The van der Waals surface area contributed by atoms with Gasteiger partial charge < -0.3 is 5.32 Å². The van der Waals surface area contributed by atoms with Gasteiger partial charge in [-0.25, -0.2) is 8.42 Å². The van der Waals surface area contributed by atoms with E-state index in [0.717, 1.165) is 61.4 Å². The van der Waals surface area contributed by atoms with Gasteiger partial charge in [0.2, 0.25) is 15.9 Å². The third-order valence-corrected chi connectivity index (χ3v) is 8.85. The van der Waals surface area contributed by atoms with Crippen molar-refractivity contribution in [3.63, 3.8) is 0 Å². The highest BCUT2D eigenvalue weighted by Crippen LogP contribution is 2.31. The Bertz CT molecular complexity index is 1020. The zero-order valence-corrected chi connectivity index (χ0v) is 20.0. The highest BCUT2D eigenvalue weighted by molar-refractivity contribution is 9.10. The fourth-order valence-electron chi connectivity index (χ4n) is 4.81. The normalized spacial score (nSPS) is 19.7. The number of hydrogen-bond acceptors (Lipinski definition) is 3. The minimum absolute atomic E-state index is 0.0546. The third-order valence-electron chi connectivity index (χ3n) is 6.41. The number of aryl methyl sites for hydroxylation is 1. The summed E-state index contributed by atoms with van der Waals surface area (Å²) >= 11 is 3.36. The molecule has 1 fully saturated rings. The maximum Gasteiger partial charge on any atom is 0.243 e. The van der Waals surface area contributed by atoms with Crippen molar-refractivity contribution in [2.75, 3.05) is 6.54 Å². The molecule has 0 heterocycles. The Morgan fingerprint density at radius 1 is 0.968 bits per heavy atom. The lowest BCUT2D eigenvalue weighted by molar-refractivity contribution is -0.122. The topological polar surface area (TPSA) is 66.5 Å². The summed E-state index contributed by atoms with van der Waals surface area (Å²) in [4.78, 5) is 13.3. The number of fused-ring (bicyclic) bond motifs is 1. The number of carbonyl (C=O) groups is 1. The summed E-state index contributed by atoms with van der Waals surface area (Å²) in [5.41, 5.74) is 2.42. The van der Waals surface area contributed by atoms with E-state index in [4.69, 9.17) is 0 Å². The Hall–Kier alpha value is -1.70. The summed E-state index contributed by atoms with van der Waals surface area (Å²) in [5, 5.41) is 3.12. The number of sulfonamides is 1. The molecule has 0 unspecified atom stereocenters. The number of benzene rings is 2. The van der Waals surface area contributed by atoms with Gasteiger partial charge in [0.15, 0.2) is 0 Å². The number of nitrogens with zero attached hydrogens (tertiary/aromatic N) is 1. The van der Waals surface area contributed by atoms with Gasteiger partial charge in [0.1, 0.15) is 0 Å². The van der Waals surface area contributed by atoms with Crippen molar-refractivity contribution in [3.05, 3.63) is 64.1 Å². The van der Waals surface area contributed by atoms with Crippen LogP contribution in [0.2, 0.25) is 0 Å². The first-order valence-electron chi connectivity index (χ1n) is 11.1. The number of rotatable bonds is 6. The van der Waals surface area contributed by atoms with E-state index in [1.165, 1.54) is 9.87 Å². The lowest BCUT2D eigenvalue weighted by Crippen LogP contribution is -2.47. The van der Waals surface area contributed by atoms with Crippen LogP contribution in [-0.2, 0) is 21.2 Å². The van der Waals surface area contributed by atoms with Gasteiger partial charge >= 0.3 is 0 Å². The Balaban J connectivity index is 1.55. The molecule has 0 aliphatic heterocycles. The molecule has 2 aromatic rings. The zero-order valence-electron chi connectivity index (χ0n) is 17.6. The van der Waals surface area contributed by atoms with Gasteiger partial charge in [-0.05, 0) is 67.5 Å². The van der Waals surface area contributed by atoms with E-state index in [1.807, 2.05) is 12.1 Å². The largest absolute Gasteiger partial charge is 0.348 e. The molecule has 1 amide bonds. The van der Waals surface area contributed by atoms with Gasteiger partial charge in [0.05, 0.1) is 17.5 Å². The Morgan fingerprint density at radius 3 is 2.42 bits per heavy atom. The van der Waals surface area contributed by atoms with Crippen LogP contribution in [0.15, 0.2) is 57.9 Å². The van der Waals surface area contributed by atoms with Crippen LogP contribution in [-0.4, -0.2) is 31.2 Å². The van der Waals surface area contributed by atoms with Crippen molar-refractivity contribution >= 4 is 31.9 Å². The zero-order chi connectivity index (χ0) is 21.8. The lowest BCUT2D eigenvalue weighted by Gasteiger charge is -2.34. The highest BCUT2D eigenvalue weighted by atomic mass is 79.9. The van der Waals surface area contributed by atoms with Crippen molar-refractivity contribution in [1.82, 2.24) is 9.62 Å². The molecule has 1 N–H and O–H groups in total. The summed E-state index contributed by atoms with van der Waals surface area (Å²) in [6, 6.07) is 14.7. The van der Waals surface area contributed by atoms with Crippen LogP contribution in [0.4, 0.5) is 0 Å². The van der Waals surface area contributed by atoms with Crippen LogP contribution in [0.1, 0.15) is 62.1 Å². The summed E-state index contributed by atoms with van der Waals surface area (Å²) in [5.74, 6) is -0.229. The quantitative estimate of drug-likeness (QED) is 0.603. The van der Waals surface area contributed by atoms with E-state index in [1.54, 1.807) is 24.3 Å². The predicted molar refractivity (Wildman–Crippen MR) is 125 cm³/mol. The molecule has 0 radical (unpaired) electrons. The molecule has 31 heavy (non-hydrogen) atoms. The van der Waals surface area contributed by atoms with Gasteiger partial charge in [-0.1, -0.05) is 59.5 Å². The maximum absolute atomic E-state index is 13.5. The fraction of sp³-hybridized carbons (Fsp3) is 0.458. The number of hydrogen-bond donors (Lipinski definition) is 1. The number of amides is 1. The van der Waals surface area contributed by atoms with Gasteiger partial charge in [0, 0.05) is 10.5 Å². The van der Waals surface area contributed by atoms with E-state index in [2.05, 4.69) is 33.4 Å². The van der Waals surface area contributed by atoms with Crippen molar-refractivity contribution in [3.8, 4) is 0 Å². The van der Waals surface area contributed by atoms with E-state index in [-0.39, 0.29) is 29.4 Å². The molecule has 2 aliphatic rings. The van der Waals surface area contributed by atoms with Crippen molar-refractivity contribution in [2.45, 2.75) is 68.3 Å². The SMILES string of the molecule is O=C(CN(C1CCCCC1)S(=O)(=O)c1ccc(Br)cc1)N[C@@H]1CCCc2ccccc21. The van der Waals surface area contributed by atoms with E-state index in [0.29, 0.717) is 0 Å². The van der Waals surface area contributed by atoms with Crippen LogP contribution in [0.25, 0.3) is 0 Å². The second kappa shape index (κ2) is 9.84. The molecule has 2 aromatic carbocycles. The highest BCUT2D eigenvalue weighted by Gasteiger charge is 2.34. The van der Waals surface area contributed by atoms with E-state index < -0.39 is 10.0 Å². The van der Waals surface area contributed by atoms with E-state index >= 15 is 0 Å².